The van der Waals surface area contributed by atoms with E-state index >= 15 is 0 Å². The molecule has 4 nitrogen and oxygen atoms in total. The molecule has 0 rings (SSSR count). The molecule has 0 amide bonds. The SMILES string of the molecule is CCCCCCCCCCCC[N+](C(C)O)(C(C)O)C(C)O. The normalized spacial score (nSPS) is 18.7. The molecule has 0 bridgehead atoms. The van der Waals surface area contributed by atoms with E-state index in [1.54, 1.807) is 20.8 Å². The van der Waals surface area contributed by atoms with Crippen LogP contribution in [0.4, 0.5) is 0 Å². The molecule has 0 aromatic rings. The summed E-state index contributed by atoms with van der Waals surface area (Å²) in [5, 5.41) is 30.0. The van der Waals surface area contributed by atoms with Crippen molar-refractivity contribution in [2.24, 2.45) is 0 Å². The van der Waals surface area contributed by atoms with Crippen LogP contribution in [-0.4, -0.2) is 45.0 Å². The number of hydrogen-bond acceptors (Lipinski definition) is 3. The molecule has 0 saturated heterocycles. The van der Waals surface area contributed by atoms with Crippen molar-refractivity contribution < 1.29 is 19.8 Å². The van der Waals surface area contributed by atoms with Gasteiger partial charge in [-0.1, -0.05) is 58.3 Å². The minimum absolute atomic E-state index is 0.0446. The Bertz CT molecular complexity index is 233. The summed E-state index contributed by atoms with van der Waals surface area (Å²) >= 11 is 0. The predicted octanol–water partition coefficient (Wildman–Crippen LogP) is 3.74. The summed E-state index contributed by atoms with van der Waals surface area (Å²) in [5.74, 6) is 0. The van der Waals surface area contributed by atoms with E-state index in [-0.39, 0.29) is 4.48 Å². The van der Waals surface area contributed by atoms with E-state index in [0.717, 1.165) is 12.8 Å². The summed E-state index contributed by atoms with van der Waals surface area (Å²) in [5.41, 5.74) is 0. The first-order chi connectivity index (χ1) is 10.4. The van der Waals surface area contributed by atoms with Crippen molar-refractivity contribution in [2.45, 2.75) is 111 Å². The Labute approximate surface area is 137 Å². The maximum absolute atomic E-state index is 10.00. The third-order valence-corrected chi connectivity index (χ3v) is 4.99. The van der Waals surface area contributed by atoms with Gasteiger partial charge in [-0.2, -0.15) is 0 Å². The van der Waals surface area contributed by atoms with Gasteiger partial charge in [-0.25, -0.2) is 4.48 Å². The third-order valence-electron chi connectivity index (χ3n) is 4.99. The van der Waals surface area contributed by atoms with Crippen LogP contribution in [0.2, 0.25) is 0 Å². The summed E-state index contributed by atoms with van der Waals surface area (Å²) in [6, 6.07) is 0. The lowest BCUT2D eigenvalue weighted by atomic mass is 10.1. The number of nitrogens with zero attached hydrogens (tertiary/aromatic N) is 1. The van der Waals surface area contributed by atoms with Gasteiger partial charge in [-0.15, -0.1) is 0 Å². The number of unbranched alkanes of at least 4 members (excludes halogenated alkanes) is 9. The first-order valence-corrected chi connectivity index (χ1v) is 9.30. The minimum atomic E-state index is -0.765. The molecule has 0 radical (unpaired) electrons. The van der Waals surface area contributed by atoms with E-state index in [0.29, 0.717) is 6.54 Å². The fourth-order valence-corrected chi connectivity index (χ4v) is 3.37. The fourth-order valence-electron chi connectivity index (χ4n) is 3.37. The summed E-state index contributed by atoms with van der Waals surface area (Å²) in [7, 11) is 0. The Balaban J connectivity index is 3.87. The van der Waals surface area contributed by atoms with Crippen molar-refractivity contribution in [3.8, 4) is 0 Å². The molecule has 4 heteroatoms. The standard InChI is InChI=1S/C18H40NO3/c1-5-6-7-8-9-10-11-12-13-14-15-19(16(2)20,17(3)21)18(4)22/h16-18,20-22H,5-15H2,1-4H3/q+1. The van der Waals surface area contributed by atoms with Crippen molar-refractivity contribution >= 4 is 0 Å². The van der Waals surface area contributed by atoms with Crippen molar-refractivity contribution in [1.29, 1.82) is 0 Å². The van der Waals surface area contributed by atoms with E-state index in [1.165, 1.54) is 51.4 Å². The van der Waals surface area contributed by atoms with Gasteiger partial charge in [0, 0.05) is 20.8 Å². The Hall–Kier alpha value is -0.160. The number of quaternary nitrogens is 1. The zero-order chi connectivity index (χ0) is 17.0. The molecule has 3 atom stereocenters. The molecule has 0 saturated carbocycles. The smallest absolute Gasteiger partial charge is 0.191 e. The molecular weight excluding hydrogens is 278 g/mol. The van der Waals surface area contributed by atoms with Gasteiger partial charge in [-0.3, -0.25) is 0 Å². The average Bonchev–Trinajstić information content (AvgIpc) is 2.43. The summed E-state index contributed by atoms with van der Waals surface area (Å²) in [6.45, 7) is 7.80. The van der Waals surface area contributed by atoms with Crippen LogP contribution in [0.1, 0.15) is 91.9 Å². The molecule has 0 aromatic carbocycles. The number of hydrogen-bond donors (Lipinski definition) is 3. The van der Waals surface area contributed by atoms with Gasteiger partial charge in [0.25, 0.3) is 0 Å². The summed E-state index contributed by atoms with van der Waals surface area (Å²) in [4.78, 5) is 0. The molecule has 0 aliphatic rings. The maximum atomic E-state index is 10.00. The topological polar surface area (TPSA) is 60.7 Å². The number of rotatable bonds is 14. The third kappa shape index (κ3) is 7.40. The Morgan fingerprint density at radius 3 is 1.23 bits per heavy atom. The quantitative estimate of drug-likeness (QED) is 0.260. The second kappa shape index (κ2) is 12.3. The van der Waals surface area contributed by atoms with Gasteiger partial charge >= 0.3 is 0 Å². The van der Waals surface area contributed by atoms with Crippen LogP contribution >= 0.6 is 0 Å². The first kappa shape index (κ1) is 21.8. The van der Waals surface area contributed by atoms with E-state index in [9.17, 15) is 15.3 Å². The second-order valence-electron chi connectivity index (χ2n) is 6.80. The van der Waals surface area contributed by atoms with E-state index < -0.39 is 18.7 Å². The lowest BCUT2D eigenvalue weighted by molar-refractivity contribution is -1.04. The monoisotopic (exact) mass is 318 g/mol. The van der Waals surface area contributed by atoms with Crippen molar-refractivity contribution in [2.75, 3.05) is 6.54 Å². The summed E-state index contributed by atoms with van der Waals surface area (Å²) in [6.07, 6.45) is 10.2. The highest BCUT2D eigenvalue weighted by molar-refractivity contribution is 4.51. The second-order valence-corrected chi connectivity index (χ2v) is 6.80. The van der Waals surface area contributed by atoms with Gasteiger partial charge < -0.3 is 15.3 Å². The lowest BCUT2D eigenvalue weighted by Crippen LogP contribution is -2.64. The highest BCUT2D eigenvalue weighted by atomic mass is 16.4. The van der Waals surface area contributed by atoms with Gasteiger partial charge in [-0.05, 0) is 12.8 Å². The molecule has 0 heterocycles. The number of aliphatic hydroxyl groups is 3. The van der Waals surface area contributed by atoms with E-state index in [1.807, 2.05) is 0 Å². The largest absolute Gasteiger partial charge is 0.345 e. The van der Waals surface area contributed by atoms with Crippen LogP contribution < -0.4 is 0 Å². The first-order valence-electron chi connectivity index (χ1n) is 9.30. The maximum Gasteiger partial charge on any atom is 0.191 e. The molecule has 0 fully saturated rings. The van der Waals surface area contributed by atoms with E-state index in [4.69, 9.17) is 0 Å². The fraction of sp³-hybridized carbons (Fsp3) is 1.00. The van der Waals surface area contributed by atoms with E-state index in [2.05, 4.69) is 6.92 Å². The predicted molar refractivity (Wildman–Crippen MR) is 92.0 cm³/mol. The van der Waals surface area contributed by atoms with Crippen molar-refractivity contribution in [3.63, 3.8) is 0 Å². The molecule has 0 aromatic heterocycles. The van der Waals surface area contributed by atoms with Crippen LogP contribution in [0.3, 0.4) is 0 Å². The van der Waals surface area contributed by atoms with Crippen molar-refractivity contribution in [3.05, 3.63) is 0 Å². The van der Waals surface area contributed by atoms with Crippen LogP contribution in [0, 0.1) is 0 Å². The van der Waals surface area contributed by atoms with Gasteiger partial charge in [0.15, 0.2) is 18.7 Å². The Kier molecular flexibility index (Phi) is 12.2. The molecule has 0 aliphatic carbocycles. The van der Waals surface area contributed by atoms with Gasteiger partial charge in [0.2, 0.25) is 0 Å². The number of aliphatic hydroxyl groups excluding tert-OH is 3. The zero-order valence-electron chi connectivity index (χ0n) is 15.3. The summed E-state index contributed by atoms with van der Waals surface area (Å²) < 4.78 is -0.0446. The average molecular weight is 319 g/mol. The lowest BCUT2D eigenvalue weighted by Gasteiger charge is -2.45. The van der Waals surface area contributed by atoms with Crippen LogP contribution in [0.5, 0.6) is 0 Å². The van der Waals surface area contributed by atoms with Gasteiger partial charge in [0.1, 0.15) is 0 Å². The van der Waals surface area contributed by atoms with Crippen LogP contribution in [-0.2, 0) is 0 Å². The molecule has 22 heavy (non-hydrogen) atoms. The zero-order valence-corrected chi connectivity index (χ0v) is 15.3. The molecular formula is C18H40NO3+. The van der Waals surface area contributed by atoms with Crippen molar-refractivity contribution in [1.82, 2.24) is 0 Å². The Morgan fingerprint density at radius 2 is 0.909 bits per heavy atom. The van der Waals surface area contributed by atoms with Crippen LogP contribution in [0.25, 0.3) is 0 Å². The minimum Gasteiger partial charge on any atom is -0.345 e. The molecule has 3 N–H and O–H groups in total. The molecule has 0 spiro atoms. The molecule has 134 valence electrons. The molecule has 0 aliphatic heterocycles. The Morgan fingerprint density at radius 1 is 0.591 bits per heavy atom. The highest BCUT2D eigenvalue weighted by Crippen LogP contribution is 2.23. The van der Waals surface area contributed by atoms with Crippen LogP contribution in [0.15, 0.2) is 0 Å². The highest BCUT2D eigenvalue weighted by Gasteiger charge is 2.41. The molecule has 3 unspecified atom stereocenters. The van der Waals surface area contributed by atoms with Gasteiger partial charge in [0.05, 0.1) is 6.54 Å².